The van der Waals surface area contributed by atoms with Crippen LogP contribution in [0.3, 0.4) is 0 Å². The summed E-state index contributed by atoms with van der Waals surface area (Å²) < 4.78 is 5.38. The number of carbonyl (C=O) groups is 2. The normalized spacial score (nSPS) is 17.3. The van der Waals surface area contributed by atoms with E-state index in [2.05, 4.69) is 10.3 Å². The monoisotopic (exact) mass is 313 g/mol. The molecule has 0 spiro atoms. The number of amides is 2. The van der Waals surface area contributed by atoms with Crippen LogP contribution in [0.5, 0.6) is 0 Å². The summed E-state index contributed by atoms with van der Waals surface area (Å²) in [5, 5.41) is 2.97. The van der Waals surface area contributed by atoms with Crippen LogP contribution in [-0.2, 0) is 0 Å². The second kappa shape index (κ2) is 6.24. The van der Waals surface area contributed by atoms with Crippen LogP contribution in [0.25, 0.3) is 0 Å². The molecule has 3 heterocycles. The number of furan rings is 1. The first-order valence-electron chi connectivity index (χ1n) is 7.63. The molecule has 0 aliphatic carbocycles. The minimum atomic E-state index is -0.156. The average molecular weight is 313 g/mol. The molecule has 0 radical (unpaired) electrons. The number of aromatic nitrogens is 1. The summed E-state index contributed by atoms with van der Waals surface area (Å²) in [5.74, 6) is 1.07. The number of hydrogen-bond acceptors (Lipinski definition) is 4. The van der Waals surface area contributed by atoms with E-state index in [1.165, 1.54) is 0 Å². The van der Waals surface area contributed by atoms with Crippen LogP contribution in [0.4, 0.5) is 0 Å². The van der Waals surface area contributed by atoms with Gasteiger partial charge in [-0.2, -0.15) is 0 Å². The topological polar surface area (TPSA) is 75.4 Å². The lowest BCUT2D eigenvalue weighted by Gasteiger charge is -2.16. The Balaban J connectivity index is 1.61. The number of pyridine rings is 1. The van der Waals surface area contributed by atoms with Gasteiger partial charge in [-0.1, -0.05) is 6.07 Å². The van der Waals surface area contributed by atoms with Crippen molar-refractivity contribution in [2.75, 3.05) is 13.1 Å². The molecule has 1 aliphatic rings. The first-order valence-corrected chi connectivity index (χ1v) is 7.63. The van der Waals surface area contributed by atoms with Gasteiger partial charge >= 0.3 is 0 Å². The summed E-state index contributed by atoms with van der Waals surface area (Å²) in [4.78, 5) is 30.4. The molecule has 6 heteroatoms. The minimum absolute atomic E-state index is 0.0511. The van der Waals surface area contributed by atoms with E-state index in [1.54, 1.807) is 42.3 Å². The Labute approximate surface area is 134 Å². The van der Waals surface area contributed by atoms with Gasteiger partial charge in [0.15, 0.2) is 0 Å². The lowest BCUT2D eigenvalue weighted by Crippen LogP contribution is -2.38. The fourth-order valence-corrected chi connectivity index (χ4v) is 2.83. The highest BCUT2D eigenvalue weighted by atomic mass is 16.3. The molecular weight excluding hydrogens is 294 g/mol. The molecule has 120 valence electrons. The van der Waals surface area contributed by atoms with Gasteiger partial charge in [-0.25, -0.2) is 0 Å². The Morgan fingerprint density at radius 2 is 2.17 bits per heavy atom. The van der Waals surface area contributed by atoms with Crippen LogP contribution in [0.1, 0.15) is 38.8 Å². The van der Waals surface area contributed by atoms with Gasteiger partial charge in [0.2, 0.25) is 0 Å². The highest BCUT2D eigenvalue weighted by molar-refractivity contribution is 5.96. The van der Waals surface area contributed by atoms with E-state index < -0.39 is 0 Å². The second-order valence-corrected chi connectivity index (χ2v) is 5.75. The maximum absolute atomic E-state index is 12.3. The second-order valence-electron chi connectivity index (χ2n) is 5.75. The standard InChI is InChI=1S/C17H19N3O3/c1-11-9-14(12(2)23-11)16(21)19-13-6-8-20(10-13)17(22)15-5-3-4-7-18-15/h3-5,7,9,13H,6,8,10H2,1-2H3,(H,19,21). The van der Waals surface area contributed by atoms with Crippen molar-refractivity contribution in [3.63, 3.8) is 0 Å². The summed E-state index contributed by atoms with van der Waals surface area (Å²) in [5.41, 5.74) is 0.984. The zero-order valence-corrected chi connectivity index (χ0v) is 13.2. The van der Waals surface area contributed by atoms with Gasteiger partial charge in [-0.3, -0.25) is 14.6 Å². The predicted octanol–water partition coefficient (Wildman–Crippen LogP) is 1.94. The van der Waals surface area contributed by atoms with Gasteiger partial charge in [0.1, 0.15) is 17.2 Å². The van der Waals surface area contributed by atoms with Crippen molar-refractivity contribution in [1.82, 2.24) is 15.2 Å². The number of likely N-dealkylation sites (tertiary alicyclic amines) is 1. The molecule has 1 saturated heterocycles. The lowest BCUT2D eigenvalue weighted by molar-refractivity contribution is 0.0777. The van der Waals surface area contributed by atoms with Crippen LogP contribution in [0.2, 0.25) is 0 Å². The van der Waals surface area contributed by atoms with Gasteiger partial charge in [-0.05, 0) is 38.5 Å². The Hall–Kier alpha value is -2.63. The lowest BCUT2D eigenvalue weighted by atomic mass is 10.2. The molecule has 1 N–H and O–H groups in total. The average Bonchev–Trinajstić information content (AvgIpc) is 3.13. The van der Waals surface area contributed by atoms with Gasteiger partial charge in [-0.15, -0.1) is 0 Å². The smallest absolute Gasteiger partial charge is 0.272 e. The largest absolute Gasteiger partial charge is 0.466 e. The third-order valence-corrected chi connectivity index (χ3v) is 3.98. The van der Waals surface area contributed by atoms with Gasteiger partial charge in [0.05, 0.1) is 5.56 Å². The maximum atomic E-state index is 12.3. The van der Waals surface area contributed by atoms with E-state index in [0.29, 0.717) is 35.9 Å². The van der Waals surface area contributed by atoms with Crippen molar-refractivity contribution in [3.05, 3.63) is 53.2 Å². The van der Waals surface area contributed by atoms with Crippen molar-refractivity contribution in [2.24, 2.45) is 0 Å². The summed E-state index contributed by atoms with van der Waals surface area (Å²) in [7, 11) is 0. The van der Waals surface area contributed by atoms with E-state index >= 15 is 0 Å². The number of carbonyl (C=O) groups excluding carboxylic acids is 2. The molecule has 0 aromatic carbocycles. The van der Waals surface area contributed by atoms with Crippen LogP contribution in [0, 0.1) is 13.8 Å². The molecule has 1 aliphatic heterocycles. The summed E-state index contributed by atoms with van der Waals surface area (Å²) >= 11 is 0. The predicted molar refractivity (Wildman–Crippen MR) is 84.2 cm³/mol. The third-order valence-electron chi connectivity index (χ3n) is 3.98. The highest BCUT2D eigenvalue weighted by Gasteiger charge is 2.29. The van der Waals surface area contributed by atoms with Crippen molar-refractivity contribution >= 4 is 11.8 Å². The van der Waals surface area contributed by atoms with Crippen molar-refractivity contribution < 1.29 is 14.0 Å². The van der Waals surface area contributed by atoms with Crippen molar-refractivity contribution in [1.29, 1.82) is 0 Å². The first-order chi connectivity index (χ1) is 11.0. The Bertz CT molecular complexity index is 724. The van der Waals surface area contributed by atoms with Crippen LogP contribution in [-0.4, -0.2) is 40.8 Å². The molecule has 2 aromatic rings. The zero-order chi connectivity index (χ0) is 16.4. The molecule has 1 fully saturated rings. The highest BCUT2D eigenvalue weighted by Crippen LogP contribution is 2.16. The Morgan fingerprint density at radius 1 is 1.35 bits per heavy atom. The summed E-state index contributed by atoms with van der Waals surface area (Å²) in [6.45, 7) is 4.70. The van der Waals surface area contributed by atoms with E-state index in [1.807, 2.05) is 6.92 Å². The van der Waals surface area contributed by atoms with E-state index in [0.717, 1.165) is 6.42 Å². The van der Waals surface area contributed by atoms with E-state index in [-0.39, 0.29) is 17.9 Å². The molecule has 6 nitrogen and oxygen atoms in total. The quantitative estimate of drug-likeness (QED) is 0.939. The van der Waals surface area contributed by atoms with Crippen molar-refractivity contribution in [3.8, 4) is 0 Å². The number of rotatable bonds is 3. The Kier molecular flexibility index (Phi) is 4.14. The number of nitrogens with zero attached hydrogens (tertiary/aromatic N) is 2. The Morgan fingerprint density at radius 3 is 2.83 bits per heavy atom. The SMILES string of the molecule is Cc1cc(C(=O)NC2CCN(C(=O)c3ccccn3)C2)c(C)o1. The zero-order valence-electron chi connectivity index (χ0n) is 13.2. The molecule has 0 bridgehead atoms. The fraction of sp³-hybridized carbons (Fsp3) is 0.353. The van der Waals surface area contributed by atoms with Crippen LogP contribution in [0.15, 0.2) is 34.9 Å². The van der Waals surface area contributed by atoms with Crippen LogP contribution < -0.4 is 5.32 Å². The minimum Gasteiger partial charge on any atom is -0.466 e. The van der Waals surface area contributed by atoms with Gasteiger partial charge < -0.3 is 14.6 Å². The first kappa shape index (κ1) is 15.3. The number of hydrogen-bond donors (Lipinski definition) is 1. The molecule has 1 unspecified atom stereocenters. The van der Waals surface area contributed by atoms with Gasteiger partial charge in [0, 0.05) is 25.3 Å². The molecular formula is C17H19N3O3. The molecule has 2 amide bonds. The third kappa shape index (κ3) is 3.26. The molecule has 0 saturated carbocycles. The maximum Gasteiger partial charge on any atom is 0.272 e. The van der Waals surface area contributed by atoms with E-state index in [4.69, 9.17) is 4.42 Å². The molecule has 2 aromatic heterocycles. The van der Waals surface area contributed by atoms with E-state index in [9.17, 15) is 9.59 Å². The molecule has 23 heavy (non-hydrogen) atoms. The number of aryl methyl sites for hydroxylation is 2. The van der Waals surface area contributed by atoms with Crippen LogP contribution >= 0.6 is 0 Å². The summed E-state index contributed by atoms with van der Waals surface area (Å²) in [6.07, 6.45) is 2.34. The summed E-state index contributed by atoms with van der Waals surface area (Å²) in [6, 6.07) is 6.95. The fourth-order valence-electron chi connectivity index (χ4n) is 2.83. The molecule has 3 rings (SSSR count). The molecule has 1 atom stereocenters. The number of nitrogens with one attached hydrogen (secondary N) is 1. The van der Waals surface area contributed by atoms with Gasteiger partial charge in [0.25, 0.3) is 11.8 Å². The van der Waals surface area contributed by atoms with Crippen molar-refractivity contribution in [2.45, 2.75) is 26.3 Å².